The number of sulfonamides is 1. The van der Waals surface area contributed by atoms with Gasteiger partial charge in [-0.25, -0.2) is 17.2 Å². The Morgan fingerprint density at radius 1 is 1.19 bits per heavy atom. The molecule has 0 saturated carbocycles. The highest BCUT2D eigenvalue weighted by molar-refractivity contribution is 7.99. The number of halogens is 2. The van der Waals surface area contributed by atoms with Crippen molar-refractivity contribution in [2.45, 2.75) is 37.4 Å². The van der Waals surface area contributed by atoms with Gasteiger partial charge >= 0.3 is 0 Å². The number of aliphatic hydroxyl groups excluding tert-OH is 1. The van der Waals surface area contributed by atoms with Gasteiger partial charge in [0, 0.05) is 5.56 Å². The molecule has 32 heavy (non-hydrogen) atoms. The van der Waals surface area contributed by atoms with Gasteiger partial charge in [-0.15, -0.1) is 0 Å². The molecule has 0 aliphatic rings. The van der Waals surface area contributed by atoms with E-state index in [1.807, 2.05) is 19.9 Å². The zero-order valence-electron chi connectivity index (χ0n) is 17.7. The van der Waals surface area contributed by atoms with Gasteiger partial charge in [0.1, 0.15) is 0 Å². The quantitative estimate of drug-likeness (QED) is 0.409. The smallest absolute Gasteiger partial charge is 0.282 e. The van der Waals surface area contributed by atoms with Crippen molar-refractivity contribution in [3.05, 3.63) is 35.4 Å². The van der Waals surface area contributed by atoms with E-state index in [2.05, 4.69) is 25.0 Å². The van der Waals surface area contributed by atoms with Gasteiger partial charge in [0.05, 0.1) is 36.3 Å². The third kappa shape index (κ3) is 8.18. The standard InChI is InChI=1S/C19H24F2N6O3S2/c1-12(2)8-15(10-28)23-16-24-17(27-32(3,29)30)26-18(25-16)31-11-19(20,21)14-6-4-13(9-22)5-7-14/h4-7,12,15,28H,8,10-11H2,1-3H3,(H2,23,24,25,26,27)/t15-/m1/s1. The van der Waals surface area contributed by atoms with Crippen molar-refractivity contribution in [1.29, 1.82) is 5.26 Å². The summed E-state index contributed by atoms with van der Waals surface area (Å²) >= 11 is 0.621. The minimum Gasteiger partial charge on any atom is -0.394 e. The number of nitrogens with one attached hydrogen (secondary N) is 2. The second-order valence-electron chi connectivity index (χ2n) is 7.48. The highest BCUT2D eigenvalue weighted by Crippen LogP contribution is 2.34. The Morgan fingerprint density at radius 2 is 1.81 bits per heavy atom. The number of aromatic nitrogens is 3. The Hall–Kier alpha value is -2.56. The molecule has 13 heteroatoms. The fourth-order valence-electron chi connectivity index (χ4n) is 2.65. The minimum absolute atomic E-state index is 0.0463. The van der Waals surface area contributed by atoms with E-state index in [1.54, 1.807) is 0 Å². The number of thioether (sulfide) groups is 1. The molecule has 9 nitrogen and oxygen atoms in total. The number of benzene rings is 1. The van der Waals surface area contributed by atoms with Crippen molar-refractivity contribution in [3.8, 4) is 6.07 Å². The molecular formula is C19H24F2N6O3S2. The van der Waals surface area contributed by atoms with E-state index < -0.39 is 27.7 Å². The lowest BCUT2D eigenvalue weighted by molar-refractivity contribution is 0.0231. The molecule has 2 aromatic rings. The summed E-state index contributed by atoms with van der Waals surface area (Å²) in [4.78, 5) is 12.0. The number of hydrogen-bond donors (Lipinski definition) is 3. The lowest BCUT2D eigenvalue weighted by Crippen LogP contribution is -2.27. The first-order chi connectivity index (χ1) is 14.9. The molecule has 1 atom stereocenters. The summed E-state index contributed by atoms with van der Waals surface area (Å²) in [6.07, 6.45) is 1.49. The summed E-state index contributed by atoms with van der Waals surface area (Å²) in [7, 11) is -3.72. The topological polar surface area (TPSA) is 141 Å². The summed E-state index contributed by atoms with van der Waals surface area (Å²) < 4.78 is 54.5. The molecule has 0 spiro atoms. The lowest BCUT2D eigenvalue weighted by atomic mass is 10.0. The molecule has 0 fully saturated rings. The second kappa shape index (κ2) is 10.8. The maximum Gasteiger partial charge on any atom is 0.282 e. The minimum atomic E-state index is -3.72. The van der Waals surface area contributed by atoms with Crippen LogP contribution in [0.5, 0.6) is 0 Å². The fraction of sp³-hybridized carbons (Fsp3) is 0.474. The molecule has 1 heterocycles. The van der Waals surface area contributed by atoms with Crippen LogP contribution in [0, 0.1) is 17.2 Å². The van der Waals surface area contributed by atoms with Gasteiger partial charge in [-0.2, -0.15) is 20.2 Å². The van der Waals surface area contributed by atoms with Crippen LogP contribution in [0.25, 0.3) is 0 Å². The first-order valence-corrected chi connectivity index (χ1v) is 12.4. The largest absolute Gasteiger partial charge is 0.394 e. The van der Waals surface area contributed by atoms with Crippen LogP contribution < -0.4 is 10.0 Å². The first kappa shape index (κ1) is 25.7. The molecule has 0 aliphatic carbocycles. The van der Waals surface area contributed by atoms with Crippen LogP contribution >= 0.6 is 11.8 Å². The number of hydrogen-bond acceptors (Lipinski definition) is 9. The van der Waals surface area contributed by atoms with E-state index in [4.69, 9.17) is 5.26 Å². The van der Waals surface area contributed by atoms with Crippen molar-refractivity contribution in [3.63, 3.8) is 0 Å². The third-order valence-electron chi connectivity index (χ3n) is 4.02. The zero-order chi connectivity index (χ0) is 23.9. The highest BCUT2D eigenvalue weighted by atomic mass is 32.2. The summed E-state index contributed by atoms with van der Waals surface area (Å²) in [5.41, 5.74) is -0.00937. The molecule has 0 aliphatic heterocycles. The van der Waals surface area contributed by atoms with E-state index in [9.17, 15) is 22.3 Å². The van der Waals surface area contributed by atoms with Crippen LogP contribution in [0.1, 0.15) is 31.4 Å². The number of alkyl halides is 2. The van der Waals surface area contributed by atoms with E-state index in [1.165, 1.54) is 24.3 Å². The van der Waals surface area contributed by atoms with Gasteiger partial charge in [0.2, 0.25) is 21.9 Å². The zero-order valence-corrected chi connectivity index (χ0v) is 19.3. The maximum absolute atomic E-state index is 14.6. The molecule has 1 aromatic heterocycles. The molecule has 0 saturated heterocycles. The van der Waals surface area contributed by atoms with E-state index in [-0.39, 0.29) is 40.7 Å². The SMILES string of the molecule is CC(C)C[C@H](CO)Nc1nc(NS(C)(=O)=O)nc(SCC(F)(F)c2ccc(C#N)cc2)n1. The van der Waals surface area contributed by atoms with Crippen LogP contribution in [0.3, 0.4) is 0 Å². The Morgan fingerprint density at radius 3 is 2.34 bits per heavy atom. The molecule has 2 rings (SSSR count). The predicted octanol–water partition coefficient (Wildman–Crippen LogP) is 2.82. The molecule has 0 unspecified atom stereocenters. The van der Waals surface area contributed by atoms with E-state index >= 15 is 0 Å². The highest BCUT2D eigenvalue weighted by Gasteiger charge is 2.32. The molecular weight excluding hydrogens is 462 g/mol. The van der Waals surface area contributed by atoms with E-state index in [0.29, 0.717) is 18.2 Å². The van der Waals surface area contributed by atoms with Gasteiger partial charge < -0.3 is 10.4 Å². The van der Waals surface area contributed by atoms with Gasteiger partial charge in [-0.3, -0.25) is 4.72 Å². The van der Waals surface area contributed by atoms with Crippen LogP contribution in [-0.2, 0) is 15.9 Å². The van der Waals surface area contributed by atoms with Crippen LogP contribution in [0.2, 0.25) is 0 Å². The molecule has 0 amide bonds. The summed E-state index contributed by atoms with van der Waals surface area (Å²) in [5, 5.41) is 21.1. The molecule has 0 radical (unpaired) electrons. The lowest BCUT2D eigenvalue weighted by Gasteiger charge is -2.19. The number of anilines is 2. The number of rotatable bonds is 11. The predicted molar refractivity (Wildman–Crippen MR) is 118 cm³/mol. The Labute approximate surface area is 189 Å². The van der Waals surface area contributed by atoms with Crippen LogP contribution in [0.4, 0.5) is 20.7 Å². The van der Waals surface area contributed by atoms with Crippen LogP contribution in [-0.4, -0.2) is 53.1 Å². The number of nitrogens with zero attached hydrogens (tertiary/aromatic N) is 4. The second-order valence-corrected chi connectivity index (χ2v) is 10.2. The van der Waals surface area contributed by atoms with Gasteiger partial charge in [0.15, 0.2) is 5.16 Å². The Balaban J connectivity index is 2.26. The van der Waals surface area contributed by atoms with Crippen molar-refractivity contribution in [2.24, 2.45) is 5.92 Å². The third-order valence-corrected chi connectivity index (χ3v) is 5.52. The summed E-state index contributed by atoms with van der Waals surface area (Å²) in [6, 6.07) is 6.41. The van der Waals surface area contributed by atoms with Gasteiger partial charge in [0.25, 0.3) is 5.92 Å². The van der Waals surface area contributed by atoms with E-state index in [0.717, 1.165) is 6.26 Å². The average Bonchev–Trinajstić information content (AvgIpc) is 2.70. The average molecular weight is 487 g/mol. The van der Waals surface area contributed by atoms with Crippen molar-refractivity contribution in [2.75, 3.05) is 28.7 Å². The first-order valence-electron chi connectivity index (χ1n) is 9.54. The van der Waals surface area contributed by atoms with Crippen molar-refractivity contribution < 1.29 is 22.3 Å². The maximum atomic E-state index is 14.6. The summed E-state index contributed by atoms with van der Waals surface area (Å²) in [5.74, 6) is -4.11. The van der Waals surface area contributed by atoms with Crippen molar-refractivity contribution in [1.82, 2.24) is 15.0 Å². The number of nitriles is 1. The molecule has 174 valence electrons. The molecule has 0 bridgehead atoms. The molecule has 1 aromatic carbocycles. The van der Waals surface area contributed by atoms with Gasteiger partial charge in [-0.05, 0) is 24.5 Å². The number of aliphatic hydroxyl groups is 1. The molecule has 3 N–H and O–H groups in total. The normalized spacial score (nSPS) is 12.9. The van der Waals surface area contributed by atoms with Crippen LogP contribution in [0.15, 0.2) is 29.4 Å². The Kier molecular flexibility index (Phi) is 8.71. The monoisotopic (exact) mass is 486 g/mol. The van der Waals surface area contributed by atoms with Crippen molar-refractivity contribution >= 4 is 33.7 Å². The fourth-order valence-corrected chi connectivity index (χ4v) is 3.86. The Bertz CT molecular complexity index is 1060. The van der Waals surface area contributed by atoms with Gasteiger partial charge in [-0.1, -0.05) is 37.7 Å². The summed E-state index contributed by atoms with van der Waals surface area (Å²) in [6.45, 7) is 3.69.